The van der Waals surface area contributed by atoms with Gasteiger partial charge in [0.05, 0.1) is 18.3 Å². The van der Waals surface area contributed by atoms with Gasteiger partial charge in [-0.1, -0.05) is 0 Å². The van der Waals surface area contributed by atoms with E-state index in [9.17, 15) is 4.79 Å². The Kier molecular flexibility index (Phi) is 5.00. The van der Waals surface area contributed by atoms with Crippen LogP contribution in [0.5, 0.6) is 5.75 Å². The van der Waals surface area contributed by atoms with E-state index in [1.807, 2.05) is 22.4 Å². The molecule has 0 aromatic carbocycles. The Morgan fingerprint density at radius 1 is 1.32 bits per heavy atom. The van der Waals surface area contributed by atoms with Crippen LogP contribution < -0.4 is 4.74 Å². The molecule has 0 N–H and O–H groups in total. The quantitative estimate of drug-likeness (QED) is 0.851. The Morgan fingerprint density at radius 2 is 2.18 bits per heavy atom. The second-order valence-corrected chi connectivity index (χ2v) is 6.27. The molecule has 1 saturated heterocycles. The van der Waals surface area contributed by atoms with E-state index in [-0.39, 0.29) is 5.91 Å². The van der Waals surface area contributed by atoms with Crippen LogP contribution in [0.2, 0.25) is 0 Å². The number of nitrogens with zero attached hydrogens (tertiary/aromatic N) is 3. The van der Waals surface area contributed by atoms with E-state index in [1.54, 1.807) is 12.4 Å². The van der Waals surface area contributed by atoms with E-state index in [0.29, 0.717) is 13.0 Å². The van der Waals surface area contributed by atoms with Crippen molar-refractivity contribution in [2.45, 2.75) is 32.3 Å². The fourth-order valence-corrected chi connectivity index (χ4v) is 3.19. The summed E-state index contributed by atoms with van der Waals surface area (Å²) in [5.74, 6) is 0.911. The van der Waals surface area contributed by atoms with Crippen molar-refractivity contribution in [3.05, 3.63) is 40.6 Å². The van der Waals surface area contributed by atoms with Crippen molar-refractivity contribution in [2.24, 2.45) is 0 Å². The Morgan fingerprint density at radius 3 is 2.95 bits per heavy atom. The Bertz CT molecular complexity index is 609. The minimum atomic E-state index is 0.185. The molecule has 3 rings (SSSR count). The molecular formula is C16H19N3O2S. The van der Waals surface area contributed by atoms with Gasteiger partial charge in [-0.3, -0.25) is 9.78 Å². The summed E-state index contributed by atoms with van der Waals surface area (Å²) in [6.45, 7) is 2.19. The molecule has 6 heteroatoms. The normalized spacial score (nSPS) is 14.8. The second kappa shape index (κ2) is 7.35. The molecule has 0 aliphatic carbocycles. The van der Waals surface area contributed by atoms with Gasteiger partial charge in [0.2, 0.25) is 5.91 Å². The molecule has 5 nitrogen and oxygen atoms in total. The number of ether oxygens (including phenoxy) is 1. The highest BCUT2D eigenvalue weighted by molar-refractivity contribution is 7.09. The predicted octanol–water partition coefficient (Wildman–Crippen LogP) is 2.67. The smallest absolute Gasteiger partial charge is 0.228 e. The SMILES string of the molecule is O=C(Cc1csc(COc2cccnc2)n1)N1CCCCC1. The number of likely N-dealkylation sites (tertiary alicyclic amines) is 1. The largest absolute Gasteiger partial charge is 0.485 e. The summed E-state index contributed by atoms with van der Waals surface area (Å²) >= 11 is 1.53. The van der Waals surface area contributed by atoms with E-state index in [4.69, 9.17) is 4.74 Å². The van der Waals surface area contributed by atoms with Gasteiger partial charge in [0, 0.05) is 24.7 Å². The number of thiazole rings is 1. The summed E-state index contributed by atoms with van der Waals surface area (Å²) in [5, 5.41) is 2.83. The fraction of sp³-hybridized carbons (Fsp3) is 0.438. The third kappa shape index (κ3) is 4.04. The fourth-order valence-electron chi connectivity index (χ4n) is 2.48. The molecule has 22 heavy (non-hydrogen) atoms. The molecule has 0 radical (unpaired) electrons. The zero-order chi connectivity index (χ0) is 15.2. The summed E-state index contributed by atoms with van der Waals surface area (Å²) in [7, 11) is 0. The Labute approximate surface area is 134 Å². The van der Waals surface area contributed by atoms with E-state index in [2.05, 4.69) is 9.97 Å². The predicted molar refractivity (Wildman–Crippen MR) is 84.8 cm³/mol. The molecule has 0 bridgehead atoms. The first kappa shape index (κ1) is 15.0. The highest BCUT2D eigenvalue weighted by Crippen LogP contribution is 2.16. The standard InChI is InChI=1S/C16H19N3O2S/c20-16(19-7-2-1-3-8-19)9-13-12-22-15(18-13)11-21-14-5-4-6-17-10-14/h4-6,10,12H,1-3,7-9,11H2. The average molecular weight is 317 g/mol. The molecule has 1 aliphatic heterocycles. The Balaban J connectivity index is 1.51. The second-order valence-electron chi connectivity index (χ2n) is 5.33. The molecular weight excluding hydrogens is 298 g/mol. The van der Waals surface area contributed by atoms with E-state index in [1.165, 1.54) is 17.8 Å². The summed E-state index contributed by atoms with van der Waals surface area (Å²) in [6.07, 6.45) is 7.24. The van der Waals surface area contributed by atoms with Crippen molar-refractivity contribution < 1.29 is 9.53 Å². The topological polar surface area (TPSA) is 55.3 Å². The van der Waals surface area contributed by atoms with Gasteiger partial charge in [-0.05, 0) is 31.4 Å². The summed E-state index contributed by atoms with van der Waals surface area (Å²) in [5.41, 5.74) is 0.838. The van der Waals surface area contributed by atoms with Crippen molar-refractivity contribution in [2.75, 3.05) is 13.1 Å². The molecule has 2 aromatic rings. The van der Waals surface area contributed by atoms with Crippen molar-refractivity contribution in [1.29, 1.82) is 0 Å². The molecule has 1 amide bonds. The van der Waals surface area contributed by atoms with Crippen molar-refractivity contribution >= 4 is 17.2 Å². The van der Waals surface area contributed by atoms with Crippen LogP contribution in [0.4, 0.5) is 0 Å². The van der Waals surface area contributed by atoms with Gasteiger partial charge in [-0.25, -0.2) is 4.98 Å². The van der Waals surface area contributed by atoms with Crippen molar-refractivity contribution in [3.63, 3.8) is 0 Å². The van der Waals surface area contributed by atoms with Crippen LogP contribution in [0, 0.1) is 0 Å². The number of aromatic nitrogens is 2. The van der Waals surface area contributed by atoms with Crippen LogP contribution in [0.3, 0.4) is 0 Å². The molecule has 1 aliphatic rings. The van der Waals surface area contributed by atoms with Crippen LogP contribution in [0.1, 0.15) is 30.0 Å². The average Bonchev–Trinajstić information content (AvgIpc) is 3.02. The molecule has 0 saturated carbocycles. The zero-order valence-electron chi connectivity index (χ0n) is 12.4. The minimum absolute atomic E-state index is 0.185. The first-order valence-electron chi connectivity index (χ1n) is 7.55. The van der Waals surface area contributed by atoms with Gasteiger partial charge in [0.25, 0.3) is 0 Å². The van der Waals surface area contributed by atoms with E-state index in [0.717, 1.165) is 42.4 Å². The molecule has 2 aromatic heterocycles. The van der Waals surface area contributed by atoms with Crippen LogP contribution in [-0.2, 0) is 17.8 Å². The number of hydrogen-bond acceptors (Lipinski definition) is 5. The number of amides is 1. The third-order valence-corrected chi connectivity index (χ3v) is 4.51. The van der Waals surface area contributed by atoms with Crippen LogP contribution >= 0.6 is 11.3 Å². The number of carbonyl (C=O) groups excluding carboxylic acids is 1. The molecule has 0 atom stereocenters. The maximum Gasteiger partial charge on any atom is 0.228 e. The lowest BCUT2D eigenvalue weighted by Crippen LogP contribution is -2.36. The van der Waals surface area contributed by atoms with Crippen LogP contribution in [0.25, 0.3) is 0 Å². The molecule has 0 spiro atoms. The number of carbonyl (C=O) groups is 1. The van der Waals surface area contributed by atoms with Crippen molar-refractivity contribution in [1.82, 2.24) is 14.9 Å². The number of pyridine rings is 1. The van der Waals surface area contributed by atoms with Gasteiger partial charge in [0.1, 0.15) is 17.4 Å². The van der Waals surface area contributed by atoms with E-state index >= 15 is 0 Å². The summed E-state index contributed by atoms with van der Waals surface area (Å²) in [4.78, 5) is 22.6. The number of piperidine rings is 1. The summed E-state index contributed by atoms with van der Waals surface area (Å²) < 4.78 is 5.62. The van der Waals surface area contributed by atoms with Gasteiger partial charge >= 0.3 is 0 Å². The lowest BCUT2D eigenvalue weighted by atomic mass is 10.1. The first-order valence-corrected chi connectivity index (χ1v) is 8.43. The van der Waals surface area contributed by atoms with Gasteiger partial charge in [-0.15, -0.1) is 11.3 Å². The van der Waals surface area contributed by atoms with Gasteiger partial charge in [-0.2, -0.15) is 0 Å². The lowest BCUT2D eigenvalue weighted by molar-refractivity contribution is -0.131. The van der Waals surface area contributed by atoms with Crippen molar-refractivity contribution in [3.8, 4) is 5.75 Å². The molecule has 3 heterocycles. The molecule has 116 valence electrons. The maximum atomic E-state index is 12.2. The van der Waals surface area contributed by atoms with Crippen LogP contribution in [-0.4, -0.2) is 33.9 Å². The first-order chi connectivity index (χ1) is 10.8. The highest BCUT2D eigenvalue weighted by atomic mass is 32.1. The number of hydrogen-bond donors (Lipinski definition) is 0. The summed E-state index contributed by atoms with van der Waals surface area (Å²) in [6, 6.07) is 3.70. The lowest BCUT2D eigenvalue weighted by Gasteiger charge is -2.26. The maximum absolute atomic E-state index is 12.2. The Hall–Kier alpha value is -1.95. The van der Waals surface area contributed by atoms with Crippen LogP contribution in [0.15, 0.2) is 29.9 Å². The van der Waals surface area contributed by atoms with Gasteiger partial charge < -0.3 is 9.64 Å². The highest BCUT2D eigenvalue weighted by Gasteiger charge is 2.17. The third-order valence-electron chi connectivity index (χ3n) is 3.64. The molecule has 0 unspecified atom stereocenters. The zero-order valence-corrected chi connectivity index (χ0v) is 13.2. The number of rotatable bonds is 5. The van der Waals surface area contributed by atoms with Gasteiger partial charge in [0.15, 0.2) is 0 Å². The minimum Gasteiger partial charge on any atom is -0.485 e. The monoisotopic (exact) mass is 317 g/mol. The van der Waals surface area contributed by atoms with E-state index < -0.39 is 0 Å². The molecule has 1 fully saturated rings.